The average molecular weight is 615 g/mol. The van der Waals surface area contributed by atoms with Gasteiger partial charge in [0, 0.05) is 36.2 Å². The van der Waals surface area contributed by atoms with Crippen molar-refractivity contribution in [1.82, 2.24) is 23.8 Å². The third-order valence-electron chi connectivity index (χ3n) is 7.76. The van der Waals surface area contributed by atoms with Crippen molar-refractivity contribution in [2.24, 2.45) is 0 Å². The number of fused-ring (bicyclic) bond motifs is 1. The molecule has 14 heteroatoms. The van der Waals surface area contributed by atoms with Gasteiger partial charge < -0.3 is 15.0 Å². The standard InChI is InChI=1S/C29H29F3N6O4S/c1-17-5-7-22(8-6-17)43(40,41)38-16-24(23-11-19(31)13-34-28(23)38)26-33-14-25(32)27(36-26)35-20-3-2-4-21(12-20)42-29(39)37-10-9-18(30)15-37/h5-8,11,13-14,16,18,20-21H,2-4,9-10,12,15H2,1H3,(H,33,35,36)/t18-,20?,21?/m1/s1. The largest absolute Gasteiger partial charge is 0.446 e. The van der Waals surface area contributed by atoms with E-state index in [2.05, 4.69) is 20.3 Å². The van der Waals surface area contributed by atoms with Gasteiger partial charge in [-0.2, -0.15) is 0 Å². The van der Waals surface area contributed by atoms with Crippen molar-refractivity contribution in [3.63, 3.8) is 0 Å². The van der Waals surface area contributed by atoms with E-state index in [0.717, 1.165) is 28.0 Å². The maximum Gasteiger partial charge on any atom is 0.410 e. The molecule has 1 aliphatic carbocycles. The zero-order valence-corrected chi connectivity index (χ0v) is 24.0. The van der Waals surface area contributed by atoms with Gasteiger partial charge in [0.15, 0.2) is 23.1 Å². The quantitative estimate of drug-likeness (QED) is 0.314. The van der Waals surface area contributed by atoms with Crippen LogP contribution in [0.25, 0.3) is 22.4 Å². The maximum absolute atomic E-state index is 14.9. The summed E-state index contributed by atoms with van der Waals surface area (Å²) in [6.07, 6.45) is 3.75. The van der Waals surface area contributed by atoms with Gasteiger partial charge in [-0.15, -0.1) is 0 Å². The second kappa shape index (κ2) is 11.5. The van der Waals surface area contributed by atoms with E-state index in [0.29, 0.717) is 38.6 Å². The fraction of sp³-hybridized carbons (Fsp3) is 0.379. The number of aromatic nitrogens is 4. The van der Waals surface area contributed by atoms with Crippen molar-refractivity contribution in [3.8, 4) is 11.4 Å². The van der Waals surface area contributed by atoms with E-state index in [1.54, 1.807) is 12.1 Å². The highest BCUT2D eigenvalue weighted by molar-refractivity contribution is 7.90. The molecule has 1 aliphatic heterocycles. The molecule has 3 atom stereocenters. The second-order valence-electron chi connectivity index (χ2n) is 10.9. The van der Waals surface area contributed by atoms with Gasteiger partial charge in [-0.05, 0) is 50.8 Å². The topological polar surface area (TPSA) is 119 Å². The van der Waals surface area contributed by atoms with Crippen LogP contribution in [0.1, 0.15) is 37.7 Å². The van der Waals surface area contributed by atoms with Crippen molar-refractivity contribution < 1.29 is 31.1 Å². The van der Waals surface area contributed by atoms with E-state index >= 15 is 0 Å². The Morgan fingerprint density at radius 3 is 2.63 bits per heavy atom. The number of anilines is 1. The number of nitrogens with zero attached hydrogens (tertiary/aromatic N) is 5. The SMILES string of the molecule is Cc1ccc(S(=O)(=O)n2cc(-c3ncc(F)c(NC4CCCC(OC(=O)N5CC[C@@H](F)C5)C4)n3)c3cc(F)cnc32)cc1. The number of alkyl halides is 1. The molecule has 1 saturated heterocycles. The van der Waals surface area contributed by atoms with Gasteiger partial charge >= 0.3 is 6.09 Å². The predicted molar refractivity (Wildman–Crippen MR) is 152 cm³/mol. The van der Waals surface area contributed by atoms with Gasteiger partial charge in [0.2, 0.25) is 0 Å². The van der Waals surface area contributed by atoms with E-state index in [9.17, 15) is 26.4 Å². The number of hydrogen-bond acceptors (Lipinski definition) is 8. The lowest BCUT2D eigenvalue weighted by Gasteiger charge is -2.31. The molecule has 4 heterocycles. The first-order chi connectivity index (χ1) is 20.6. The summed E-state index contributed by atoms with van der Waals surface area (Å²) in [5, 5.41) is 3.20. The van der Waals surface area contributed by atoms with Crippen LogP contribution in [0.3, 0.4) is 0 Å². The summed E-state index contributed by atoms with van der Waals surface area (Å²) in [4.78, 5) is 26.3. The van der Waals surface area contributed by atoms with Crippen LogP contribution in [0.2, 0.25) is 0 Å². The molecule has 226 valence electrons. The van der Waals surface area contributed by atoms with Crippen LogP contribution in [0.15, 0.2) is 53.8 Å². The number of likely N-dealkylation sites (tertiary alicyclic amines) is 1. The number of pyridine rings is 1. The third kappa shape index (κ3) is 5.88. The number of carbonyl (C=O) groups is 1. The van der Waals surface area contributed by atoms with Crippen LogP contribution in [0, 0.1) is 18.6 Å². The molecular weight excluding hydrogens is 585 g/mol. The molecule has 10 nitrogen and oxygen atoms in total. The van der Waals surface area contributed by atoms with E-state index < -0.39 is 40.0 Å². The van der Waals surface area contributed by atoms with Crippen molar-refractivity contribution in [3.05, 3.63) is 66.1 Å². The minimum Gasteiger partial charge on any atom is -0.446 e. The maximum atomic E-state index is 14.9. The average Bonchev–Trinajstić information content (AvgIpc) is 3.59. The van der Waals surface area contributed by atoms with E-state index in [4.69, 9.17) is 4.74 Å². The van der Waals surface area contributed by atoms with Crippen LogP contribution in [-0.2, 0) is 14.8 Å². The van der Waals surface area contributed by atoms with E-state index in [-0.39, 0.29) is 45.7 Å². The van der Waals surface area contributed by atoms with Crippen LogP contribution >= 0.6 is 0 Å². The third-order valence-corrected chi connectivity index (χ3v) is 9.43. The van der Waals surface area contributed by atoms with Crippen molar-refractivity contribution in [2.75, 3.05) is 18.4 Å². The molecule has 3 aromatic heterocycles. The summed E-state index contributed by atoms with van der Waals surface area (Å²) in [6.45, 7) is 2.16. The normalized spacial score (nSPS) is 20.8. The highest BCUT2D eigenvalue weighted by Crippen LogP contribution is 2.32. The Balaban J connectivity index is 1.27. The molecule has 6 rings (SSSR count). The van der Waals surface area contributed by atoms with E-state index in [1.165, 1.54) is 23.2 Å². The number of ether oxygens (including phenoxy) is 1. The molecule has 2 aliphatic rings. The van der Waals surface area contributed by atoms with E-state index in [1.807, 2.05) is 6.92 Å². The second-order valence-corrected chi connectivity index (χ2v) is 12.7. The minimum absolute atomic E-state index is 0.0110. The summed E-state index contributed by atoms with van der Waals surface area (Å²) in [6, 6.07) is 7.09. The molecule has 0 bridgehead atoms. The molecule has 43 heavy (non-hydrogen) atoms. The summed E-state index contributed by atoms with van der Waals surface area (Å²) < 4.78 is 76.4. The number of aryl methyl sites for hydroxylation is 1. The van der Waals surface area contributed by atoms with Crippen LogP contribution in [0.5, 0.6) is 0 Å². The number of carbonyl (C=O) groups excluding carboxylic acids is 1. The molecule has 0 radical (unpaired) electrons. The van der Waals surface area contributed by atoms with Crippen molar-refractivity contribution in [2.45, 2.75) is 62.2 Å². The Labute approximate surface area is 246 Å². The van der Waals surface area contributed by atoms with Crippen LogP contribution < -0.4 is 5.32 Å². The Hall–Kier alpha value is -4.20. The lowest BCUT2D eigenvalue weighted by atomic mass is 9.93. The molecular formula is C29H29F3N6O4S. The first-order valence-corrected chi connectivity index (χ1v) is 15.4. The van der Waals surface area contributed by atoms with Crippen molar-refractivity contribution >= 4 is 33.0 Å². The number of benzene rings is 1. The summed E-state index contributed by atoms with van der Waals surface area (Å²) >= 11 is 0. The lowest BCUT2D eigenvalue weighted by Crippen LogP contribution is -2.37. The first kappa shape index (κ1) is 28.9. The monoisotopic (exact) mass is 614 g/mol. The van der Waals surface area contributed by atoms with Crippen molar-refractivity contribution in [1.29, 1.82) is 0 Å². The number of rotatable bonds is 6. The van der Waals surface area contributed by atoms with Gasteiger partial charge in [0.1, 0.15) is 18.1 Å². The van der Waals surface area contributed by atoms with Gasteiger partial charge in [0.25, 0.3) is 10.0 Å². The molecule has 1 aromatic carbocycles. The molecule has 0 spiro atoms. The van der Waals surface area contributed by atoms with Crippen LogP contribution in [-0.4, -0.2) is 69.7 Å². The number of amides is 1. The zero-order chi connectivity index (χ0) is 30.3. The summed E-state index contributed by atoms with van der Waals surface area (Å²) in [5.41, 5.74) is 0.988. The molecule has 1 N–H and O–H groups in total. The summed E-state index contributed by atoms with van der Waals surface area (Å²) in [5.74, 6) is -1.60. The molecule has 1 amide bonds. The number of halogens is 3. The highest BCUT2D eigenvalue weighted by Gasteiger charge is 2.31. The fourth-order valence-electron chi connectivity index (χ4n) is 5.51. The Kier molecular flexibility index (Phi) is 7.71. The number of nitrogens with one attached hydrogen (secondary N) is 1. The lowest BCUT2D eigenvalue weighted by molar-refractivity contribution is 0.0472. The Bertz CT molecular complexity index is 1780. The van der Waals surface area contributed by atoms with Gasteiger partial charge in [-0.1, -0.05) is 17.7 Å². The highest BCUT2D eigenvalue weighted by atomic mass is 32.2. The minimum atomic E-state index is -4.13. The van der Waals surface area contributed by atoms with Gasteiger partial charge in [-0.3, -0.25) is 0 Å². The molecule has 1 saturated carbocycles. The Morgan fingerprint density at radius 2 is 1.88 bits per heavy atom. The molecule has 2 unspecified atom stereocenters. The van der Waals surface area contributed by atoms with Gasteiger partial charge in [-0.25, -0.2) is 45.3 Å². The molecule has 4 aromatic rings. The summed E-state index contributed by atoms with van der Waals surface area (Å²) in [7, 11) is -4.13. The number of hydrogen-bond donors (Lipinski definition) is 1. The fourth-order valence-corrected chi connectivity index (χ4v) is 6.84. The first-order valence-electron chi connectivity index (χ1n) is 14.0. The van der Waals surface area contributed by atoms with Gasteiger partial charge in [0.05, 0.1) is 23.8 Å². The Morgan fingerprint density at radius 1 is 1.09 bits per heavy atom. The smallest absolute Gasteiger partial charge is 0.410 e. The molecule has 2 fully saturated rings. The predicted octanol–water partition coefficient (Wildman–Crippen LogP) is 5.22. The van der Waals surface area contributed by atoms with Crippen LogP contribution in [0.4, 0.5) is 23.8 Å². The zero-order valence-electron chi connectivity index (χ0n) is 23.2.